The Morgan fingerprint density at radius 1 is 1.14 bits per heavy atom. The van der Waals surface area contributed by atoms with Crippen LogP contribution in [0.2, 0.25) is 0 Å². The van der Waals surface area contributed by atoms with Gasteiger partial charge >= 0.3 is 6.09 Å². The summed E-state index contributed by atoms with van der Waals surface area (Å²) in [4.78, 5) is 24.2. The fraction of sp³-hybridized carbons (Fsp3) is 0.621. The quantitative estimate of drug-likeness (QED) is 0.153. The first-order valence-electron chi connectivity index (χ1n) is 14.1. The summed E-state index contributed by atoms with van der Waals surface area (Å²) in [5.41, 5.74) is 6.58. The van der Waals surface area contributed by atoms with Crippen molar-refractivity contribution < 1.29 is 33.6 Å². The molecule has 42 heavy (non-hydrogen) atoms. The van der Waals surface area contributed by atoms with Crippen LogP contribution in [0.1, 0.15) is 85.1 Å². The highest BCUT2D eigenvalue weighted by molar-refractivity contribution is 7.99. The van der Waals surface area contributed by atoms with E-state index in [1.165, 1.54) is 36.6 Å². The Morgan fingerprint density at radius 3 is 2.36 bits per heavy atom. The van der Waals surface area contributed by atoms with E-state index >= 15 is 0 Å². The number of thioether (sulfide) groups is 1. The van der Waals surface area contributed by atoms with E-state index in [0.717, 1.165) is 30.7 Å². The molecular formula is C29H43F2N5O5S. The molecule has 0 aliphatic heterocycles. The highest BCUT2D eigenvalue weighted by Gasteiger charge is 2.48. The number of hydrogen-bond acceptors (Lipinski definition) is 10. The Morgan fingerprint density at radius 2 is 1.81 bits per heavy atom. The van der Waals surface area contributed by atoms with Gasteiger partial charge in [-0.2, -0.15) is 0 Å². The summed E-state index contributed by atoms with van der Waals surface area (Å²) in [5.74, 6) is -2.18. The first kappa shape index (κ1) is 33.8. The molecule has 1 aromatic carbocycles. The van der Waals surface area contributed by atoms with E-state index in [1.807, 2.05) is 6.92 Å². The number of aliphatic hydroxyl groups is 3. The first-order valence-corrected chi connectivity index (χ1v) is 15.1. The maximum absolute atomic E-state index is 14.0. The van der Waals surface area contributed by atoms with Crippen LogP contribution in [-0.2, 0) is 4.74 Å². The minimum Gasteiger partial charge on any atom is -0.443 e. The second-order valence-corrected chi connectivity index (χ2v) is 13.2. The van der Waals surface area contributed by atoms with Crippen molar-refractivity contribution in [1.82, 2.24) is 9.97 Å². The number of aliphatic hydroxyl groups excluding tert-OH is 1. The van der Waals surface area contributed by atoms with Gasteiger partial charge in [0.25, 0.3) is 0 Å². The highest BCUT2D eigenvalue weighted by Crippen LogP contribution is 2.48. The number of anilines is 3. The number of nitrogens with zero attached hydrogens (tertiary/aromatic N) is 3. The van der Waals surface area contributed by atoms with Crippen molar-refractivity contribution in [3.8, 4) is 0 Å². The molecule has 1 heterocycles. The molecule has 6 N–H and O–H groups in total. The minimum absolute atomic E-state index is 0.00471. The average molecular weight is 612 g/mol. The Hall–Kier alpha value is -2.74. The van der Waals surface area contributed by atoms with Gasteiger partial charge in [-0.25, -0.2) is 23.5 Å². The molecule has 2 aromatic rings. The zero-order valence-electron chi connectivity index (χ0n) is 25.0. The normalized spacial score (nSPS) is 21.8. The van der Waals surface area contributed by atoms with Crippen molar-refractivity contribution in [3.63, 3.8) is 0 Å². The van der Waals surface area contributed by atoms with E-state index < -0.39 is 35.2 Å². The van der Waals surface area contributed by atoms with Crippen LogP contribution < -0.4 is 16.0 Å². The fourth-order valence-corrected chi connectivity index (χ4v) is 5.22. The summed E-state index contributed by atoms with van der Waals surface area (Å²) in [6, 6.07) is 3.38. The largest absolute Gasteiger partial charge is 0.443 e. The number of nitrogen functional groups attached to an aromatic ring is 1. The van der Waals surface area contributed by atoms with Crippen LogP contribution >= 0.6 is 11.8 Å². The third-order valence-corrected chi connectivity index (χ3v) is 7.42. The van der Waals surface area contributed by atoms with Crippen molar-refractivity contribution in [2.24, 2.45) is 0 Å². The molecule has 3 unspecified atom stereocenters. The topological polar surface area (TPSA) is 154 Å². The van der Waals surface area contributed by atoms with Crippen LogP contribution in [0.4, 0.5) is 30.9 Å². The third-order valence-electron chi connectivity index (χ3n) is 6.36. The number of halogens is 2. The van der Waals surface area contributed by atoms with Crippen LogP contribution in [0, 0.1) is 11.6 Å². The summed E-state index contributed by atoms with van der Waals surface area (Å²) in [7, 11) is 0. The molecule has 4 atom stereocenters. The number of amides is 1. The maximum atomic E-state index is 14.0. The Balaban J connectivity index is 0.000000892. The lowest BCUT2D eigenvalue weighted by molar-refractivity contribution is -0.127. The van der Waals surface area contributed by atoms with E-state index in [0.29, 0.717) is 35.8 Å². The van der Waals surface area contributed by atoms with Gasteiger partial charge in [-0.15, -0.1) is 0 Å². The number of carbonyl (C=O) groups excluding carboxylic acids is 1. The third kappa shape index (κ3) is 9.92. The van der Waals surface area contributed by atoms with Gasteiger partial charge in [0.2, 0.25) is 0 Å². The second kappa shape index (κ2) is 13.7. The van der Waals surface area contributed by atoms with E-state index in [9.17, 15) is 18.7 Å². The average Bonchev–Trinajstić information content (AvgIpc) is 3.52. The lowest BCUT2D eigenvalue weighted by atomic mass is 10.1. The van der Waals surface area contributed by atoms with Gasteiger partial charge in [-0.3, -0.25) is 4.90 Å². The van der Waals surface area contributed by atoms with Gasteiger partial charge in [0.15, 0.2) is 34.2 Å². The maximum Gasteiger partial charge on any atom is 0.416 e. The summed E-state index contributed by atoms with van der Waals surface area (Å²) in [5, 5.41) is 29.9. The molecule has 1 amide bonds. The highest BCUT2D eigenvalue weighted by atomic mass is 32.2. The number of rotatable bonds is 8. The molecule has 1 aromatic heterocycles. The number of hydrogen-bond donors (Lipinski definition) is 5. The standard InChI is InChI=1S/C26H35F2N5O3S.C3H8O2/c1-5-10-37-24-31-22(30-15-7-8-16(34)12-15)21(29)23(32-24)33(25(35)36-26(2,3)4)20-13-17(20)14-6-9-18(27)19(28)11-14;1-3(2,4)5/h6,9,11,15-17,20,34H,5,7-8,10,12-13,29H2,1-4H3,(H,30,31,32);4-5H,1-2H3/t15?,16?,17-,20?;/m1./s1. The van der Waals surface area contributed by atoms with Gasteiger partial charge in [0.1, 0.15) is 11.3 Å². The van der Waals surface area contributed by atoms with Gasteiger partial charge < -0.3 is 31.1 Å². The zero-order valence-corrected chi connectivity index (χ0v) is 25.8. The van der Waals surface area contributed by atoms with Crippen molar-refractivity contribution in [2.75, 3.05) is 21.7 Å². The van der Waals surface area contributed by atoms with Crippen LogP contribution in [0.3, 0.4) is 0 Å². The fourth-order valence-electron chi connectivity index (χ4n) is 4.53. The predicted molar refractivity (Wildman–Crippen MR) is 159 cm³/mol. The molecule has 0 saturated heterocycles. The Labute approximate surface area is 250 Å². The van der Waals surface area contributed by atoms with Gasteiger partial charge in [0.05, 0.1) is 6.10 Å². The van der Waals surface area contributed by atoms with E-state index in [4.69, 9.17) is 20.7 Å². The molecule has 234 valence electrons. The molecule has 10 nitrogen and oxygen atoms in total. The molecule has 13 heteroatoms. The molecule has 0 spiro atoms. The van der Waals surface area contributed by atoms with Crippen molar-refractivity contribution in [2.45, 2.75) is 114 Å². The van der Waals surface area contributed by atoms with Crippen molar-refractivity contribution in [3.05, 3.63) is 35.4 Å². The monoisotopic (exact) mass is 611 g/mol. The van der Waals surface area contributed by atoms with E-state index in [2.05, 4.69) is 15.3 Å². The summed E-state index contributed by atoms with van der Waals surface area (Å²) >= 11 is 1.45. The predicted octanol–water partition coefficient (Wildman–Crippen LogP) is 5.17. The summed E-state index contributed by atoms with van der Waals surface area (Å²) in [6.45, 7) is 9.96. The van der Waals surface area contributed by atoms with Gasteiger partial charge in [-0.05, 0) is 84.4 Å². The zero-order chi connectivity index (χ0) is 31.4. The number of nitrogens with two attached hydrogens (primary N) is 1. The van der Waals surface area contributed by atoms with Crippen LogP contribution in [0.5, 0.6) is 0 Å². The van der Waals surface area contributed by atoms with Crippen molar-refractivity contribution in [1.29, 1.82) is 0 Å². The smallest absolute Gasteiger partial charge is 0.416 e. The SMILES string of the molecule is CC(C)(O)O.CCCSc1nc(NC2CCC(O)C2)c(N)c(N(C(=O)OC(C)(C)C)C2C[C@@H]2c2ccc(F)c(F)c2)n1. The van der Waals surface area contributed by atoms with Crippen LogP contribution in [0.15, 0.2) is 23.4 Å². The number of aromatic nitrogens is 2. The Bertz CT molecular complexity index is 1230. The number of ether oxygens (including phenoxy) is 1. The molecule has 2 saturated carbocycles. The lowest BCUT2D eigenvalue weighted by Crippen LogP contribution is -2.40. The van der Waals surface area contributed by atoms with E-state index in [-0.39, 0.29) is 29.6 Å². The molecule has 2 fully saturated rings. The van der Waals surface area contributed by atoms with Crippen molar-refractivity contribution >= 4 is 35.2 Å². The van der Waals surface area contributed by atoms with E-state index in [1.54, 1.807) is 20.8 Å². The molecule has 2 aliphatic carbocycles. The lowest BCUT2D eigenvalue weighted by Gasteiger charge is -2.29. The minimum atomic E-state index is -1.50. The molecule has 0 bridgehead atoms. The van der Waals surface area contributed by atoms with Crippen LogP contribution in [0.25, 0.3) is 0 Å². The van der Waals surface area contributed by atoms with Gasteiger partial charge in [0, 0.05) is 23.8 Å². The number of nitrogens with one attached hydrogen (secondary N) is 1. The molecule has 4 rings (SSSR count). The second-order valence-electron chi connectivity index (χ2n) is 12.2. The van der Waals surface area contributed by atoms with Gasteiger partial charge in [-0.1, -0.05) is 24.8 Å². The number of carbonyl (C=O) groups is 1. The summed E-state index contributed by atoms with van der Waals surface area (Å²) in [6.07, 6.45) is 2.46. The molecule has 0 radical (unpaired) electrons. The molecule has 2 aliphatic rings. The molecular weight excluding hydrogens is 568 g/mol. The first-order chi connectivity index (χ1) is 19.5. The summed E-state index contributed by atoms with van der Waals surface area (Å²) < 4.78 is 33.2. The Kier molecular flexibility index (Phi) is 11.0. The number of benzene rings is 1. The van der Waals surface area contributed by atoms with Crippen LogP contribution in [-0.4, -0.2) is 66.7 Å².